The number of ether oxygens (including phenoxy) is 2. The second-order valence-corrected chi connectivity index (χ2v) is 6.58. The van der Waals surface area contributed by atoms with Crippen molar-refractivity contribution >= 4 is 23.2 Å². The molecule has 0 unspecified atom stereocenters. The van der Waals surface area contributed by atoms with Crippen molar-refractivity contribution in [3.8, 4) is 11.5 Å². The molecule has 136 valence electrons. The standard InChI is InChI=1S/C20H22N2O4/c1-4-25-15-8-5-13(6-9-15)11-18(23)21-14-7-10-17-16(12-14)22-19(24)20(2,3)26-17/h5-10,12H,4,11H2,1-3H3,(H,21,23)(H,22,24). The third-order valence-corrected chi connectivity index (χ3v) is 4.02. The highest BCUT2D eigenvalue weighted by atomic mass is 16.5. The fraction of sp³-hybridized carbons (Fsp3) is 0.300. The summed E-state index contributed by atoms with van der Waals surface area (Å²) in [5.41, 5.74) is 1.13. The largest absolute Gasteiger partial charge is 0.494 e. The van der Waals surface area contributed by atoms with Gasteiger partial charge in [-0.3, -0.25) is 9.59 Å². The van der Waals surface area contributed by atoms with Gasteiger partial charge in [-0.15, -0.1) is 0 Å². The van der Waals surface area contributed by atoms with Gasteiger partial charge < -0.3 is 20.1 Å². The molecule has 0 aliphatic carbocycles. The molecule has 2 aromatic carbocycles. The number of hydrogen-bond donors (Lipinski definition) is 2. The van der Waals surface area contributed by atoms with Gasteiger partial charge in [0.1, 0.15) is 11.5 Å². The van der Waals surface area contributed by atoms with E-state index >= 15 is 0 Å². The molecule has 1 aliphatic heterocycles. The summed E-state index contributed by atoms with van der Waals surface area (Å²) in [7, 11) is 0. The van der Waals surface area contributed by atoms with Crippen LogP contribution < -0.4 is 20.1 Å². The molecule has 0 bridgehead atoms. The molecule has 0 aromatic heterocycles. The normalized spacial score (nSPS) is 14.7. The van der Waals surface area contributed by atoms with Crippen molar-refractivity contribution in [3.05, 3.63) is 48.0 Å². The predicted molar refractivity (Wildman–Crippen MR) is 99.7 cm³/mol. The zero-order chi connectivity index (χ0) is 18.7. The minimum Gasteiger partial charge on any atom is -0.494 e. The molecule has 1 heterocycles. The number of amides is 2. The molecule has 6 heteroatoms. The van der Waals surface area contributed by atoms with Gasteiger partial charge in [0.05, 0.1) is 18.7 Å². The van der Waals surface area contributed by atoms with Crippen molar-refractivity contribution in [1.29, 1.82) is 0 Å². The highest BCUT2D eigenvalue weighted by molar-refractivity contribution is 6.01. The maximum atomic E-state index is 12.3. The second kappa shape index (κ2) is 7.07. The molecule has 2 N–H and O–H groups in total. The maximum Gasteiger partial charge on any atom is 0.268 e. The average molecular weight is 354 g/mol. The summed E-state index contributed by atoms with van der Waals surface area (Å²) in [4.78, 5) is 24.3. The molecule has 2 amide bonds. The van der Waals surface area contributed by atoms with Crippen molar-refractivity contribution < 1.29 is 19.1 Å². The van der Waals surface area contributed by atoms with Crippen LogP contribution in [-0.4, -0.2) is 24.0 Å². The molecule has 0 atom stereocenters. The van der Waals surface area contributed by atoms with Gasteiger partial charge in [-0.2, -0.15) is 0 Å². The number of anilines is 2. The van der Waals surface area contributed by atoms with Crippen LogP contribution in [0.3, 0.4) is 0 Å². The summed E-state index contributed by atoms with van der Waals surface area (Å²) in [6, 6.07) is 12.6. The lowest BCUT2D eigenvalue weighted by molar-refractivity contribution is -0.129. The molecule has 1 aliphatic rings. The van der Waals surface area contributed by atoms with Crippen LogP contribution in [-0.2, 0) is 16.0 Å². The van der Waals surface area contributed by atoms with Crippen LogP contribution in [0.2, 0.25) is 0 Å². The smallest absolute Gasteiger partial charge is 0.268 e. The minimum atomic E-state index is -0.911. The van der Waals surface area contributed by atoms with Crippen LogP contribution in [0.25, 0.3) is 0 Å². The Morgan fingerprint density at radius 2 is 1.92 bits per heavy atom. The SMILES string of the molecule is CCOc1ccc(CC(=O)Nc2ccc3c(c2)NC(=O)C(C)(C)O3)cc1. The number of carbonyl (C=O) groups is 2. The van der Waals surface area contributed by atoms with E-state index in [0.717, 1.165) is 11.3 Å². The van der Waals surface area contributed by atoms with Crippen LogP contribution in [0.1, 0.15) is 26.3 Å². The van der Waals surface area contributed by atoms with Crippen molar-refractivity contribution in [2.45, 2.75) is 32.8 Å². The summed E-state index contributed by atoms with van der Waals surface area (Å²) in [6.45, 7) is 5.94. The van der Waals surface area contributed by atoms with E-state index in [1.807, 2.05) is 31.2 Å². The molecule has 0 fully saturated rings. The highest BCUT2D eigenvalue weighted by Gasteiger charge is 2.35. The van der Waals surface area contributed by atoms with Gasteiger partial charge in [-0.05, 0) is 56.7 Å². The van der Waals surface area contributed by atoms with Gasteiger partial charge in [-0.1, -0.05) is 12.1 Å². The Morgan fingerprint density at radius 3 is 2.62 bits per heavy atom. The molecular weight excluding hydrogens is 332 g/mol. The first kappa shape index (κ1) is 17.8. The van der Waals surface area contributed by atoms with Gasteiger partial charge in [0.15, 0.2) is 5.60 Å². The molecule has 6 nitrogen and oxygen atoms in total. The molecule has 0 saturated carbocycles. The topological polar surface area (TPSA) is 76.7 Å². The lowest BCUT2D eigenvalue weighted by Gasteiger charge is -2.31. The third kappa shape index (κ3) is 3.96. The van der Waals surface area contributed by atoms with Crippen molar-refractivity contribution in [2.75, 3.05) is 17.2 Å². The van der Waals surface area contributed by atoms with Crippen molar-refractivity contribution in [1.82, 2.24) is 0 Å². The van der Waals surface area contributed by atoms with Crippen molar-refractivity contribution in [2.24, 2.45) is 0 Å². The first-order valence-electron chi connectivity index (χ1n) is 8.53. The van der Waals surface area contributed by atoms with Gasteiger partial charge in [0.25, 0.3) is 5.91 Å². The predicted octanol–water partition coefficient (Wildman–Crippen LogP) is 3.38. The van der Waals surface area contributed by atoms with Crippen LogP contribution in [0, 0.1) is 0 Å². The highest BCUT2D eigenvalue weighted by Crippen LogP contribution is 2.35. The molecule has 3 rings (SSSR count). The molecule has 2 aromatic rings. The maximum absolute atomic E-state index is 12.3. The summed E-state index contributed by atoms with van der Waals surface area (Å²) in [5, 5.41) is 5.64. The summed E-state index contributed by atoms with van der Waals surface area (Å²) < 4.78 is 11.1. The Balaban J connectivity index is 1.65. The summed E-state index contributed by atoms with van der Waals surface area (Å²) >= 11 is 0. The van der Waals surface area contributed by atoms with E-state index in [4.69, 9.17) is 9.47 Å². The molecule has 0 spiro atoms. The summed E-state index contributed by atoms with van der Waals surface area (Å²) in [6.07, 6.45) is 0.249. The second-order valence-electron chi connectivity index (χ2n) is 6.58. The third-order valence-electron chi connectivity index (χ3n) is 4.02. The van der Waals surface area contributed by atoms with Crippen LogP contribution in [0.5, 0.6) is 11.5 Å². The average Bonchev–Trinajstić information content (AvgIpc) is 2.58. The Hall–Kier alpha value is -3.02. The quantitative estimate of drug-likeness (QED) is 0.863. The lowest BCUT2D eigenvalue weighted by Crippen LogP contribution is -2.45. The summed E-state index contributed by atoms with van der Waals surface area (Å²) in [5.74, 6) is 1.00. The molecule has 0 radical (unpaired) electrons. The first-order chi connectivity index (χ1) is 12.4. The molecular formula is C20H22N2O4. The Bertz CT molecular complexity index is 828. The van der Waals surface area contributed by atoms with E-state index in [1.54, 1.807) is 32.0 Å². The Kier molecular flexibility index (Phi) is 4.84. The fourth-order valence-electron chi connectivity index (χ4n) is 2.65. The van der Waals surface area contributed by atoms with E-state index in [1.165, 1.54) is 0 Å². The zero-order valence-corrected chi connectivity index (χ0v) is 15.1. The van der Waals surface area contributed by atoms with Crippen LogP contribution in [0.15, 0.2) is 42.5 Å². The van der Waals surface area contributed by atoms with E-state index < -0.39 is 5.60 Å². The van der Waals surface area contributed by atoms with E-state index in [2.05, 4.69) is 10.6 Å². The fourth-order valence-corrected chi connectivity index (χ4v) is 2.65. The molecule has 26 heavy (non-hydrogen) atoms. The number of benzene rings is 2. The van der Waals surface area contributed by atoms with Crippen LogP contribution >= 0.6 is 0 Å². The lowest BCUT2D eigenvalue weighted by atomic mass is 10.1. The van der Waals surface area contributed by atoms with Gasteiger partial charge in [0.2, 0.25) is 5.91 Å². The zero-order valence-electron chi connectivity index (χ0n) is 15.1. The number of carbonyl (C=O) groups excluding carboxylic acids is 2. The Labute approximate surface area is 152 Å². The van der Waals surface area contributed by atoms with Crippen LogP contribution in [0.4, 0.5) is 11.4 Å². The number of rotatable bonds is 5. The van der Waals surface area contributed by atoms with Gasteiger partial charge >= 0.3 is 0 Å². The first-order valence-corrected chi connectivity index (χ1v) is 8.53. The monoisotopic (exact) mass is 354 g/mol. The molecule has 0 saturated heterocycles. The number of fused-ring (bicyclic) bond motifs is 1. The van der Waals surface area contributed by atoms with E-state index in [0.29, 0.717) is 23.7 Å². The van der Waals surface area contributed by atoms with Gasteiger partial charge in [0, 0.05) is 5.69 Å². The van der Waals surface area contributed by atoms with E-state index in [-0.39, 0.29) is 18.2 Å². The number of hydrogen-bond acceptors (Lipinski definition) is 4. The Morgan fingerprint density at radius 1 is 1.19 bits per heavy atom. The minimum absolute atomic E-state index is 0.141. The van der Waals surface area contributed by atoms with E-state index in [9.17, 15) is 9.59 Å². The number of nitrogens with one attached hydrogen (secondary N) is 2. The van der Waals surface area contributed by atoms with Crippen molar-refractivity contribution in [3.63, 3.8) is 0 Å². The van der Waals surface area contributed by atoms with Gasteiger partial charge in [-0.25, -0.2) is 0 Å².